The van der Waals surface area contributed by atoms with Crippen molar-refractivity contribution in [1.82, 2.24) is 14.1 Å². The number of aliphatic imine (C=N–C) groups is 1. The lowest BCUT2D eigenvalue weighted by Crippen LogP contribution is -2.42. The van der Waals surface area contributed by atoms with Gasteiger partial charge in [-0.2, -0.15) is 4.98 Å². The van der Waals surface area contributed by atoms with Crippen molar-refractivity contribution in [2.75, 3.05) is 25.5 Å². The molecular weight excluding hydrogens is 434 g/mol. The first-order valence-corrected chi connectivity index (χ1v) is 10.7. The lowest BCUT2D eigenvalue weighted by molar-refractivity contribution is 0.414. The minimum Gasteiger partial charge on any atom is -0.497 e. The molecule has 0 unspecified atom stereocenters. The van der Waals surface area contributed by atoms with Gasteiger partial charge >= 0.3 is 11.4 Å². The number of hydrogen-bond acceptors (Lipinski definition) is 6. The van der Waals surface area contributed by atoms with Crippen molar-refractivity contribution >= 4 is 23.2 Å². The smallest absolute Gasteiger partial charge is 0.359 e. The first-order valence-electron chi connectivity index (χ1n) is 10.7. The van der Waals surface area contributed by atoms with Gasteiger partial charge in [-0.25, -0.2) is 14.2 Å². The molecule has 3 aromatic rings. The van der Waals surface area contributed by atoms with E-state index in [1.165, 1.54) is 4.57 Å². The minimum atomic E-state index is -0.673. The van der Waals surface area contributed by atoms with Crippen LogP contribution in [0.2, 0.25) is 0 Å². The molecule has 2 aromatic carbocycles. The number of nitrogens with one attached hydrogen (secondary N) is 1. The first kappa shape index (κ1) is 24.3. The van der Waals surface area contributed by atoms with Crippen LogP contribution in [0.5, 0.6) is 5.75 Å². The molecule has 5 N–H and O–H groups in total. The molecule has 10 heteroatoms. The Balaban J connectivity index is 2.09. The third-order valence-electron chi connectivity index (χ3n) is 5.34. The van der Waals surface area contributed by atoms with E-state index in [-0.39, 0.29) is 31.5 Å². The van der Waals surface area contributed by atoms with Crippen LogP contribution in [0.3, 0.4) is 0 Å². The van der Waals surface area contributed by atoms with Crippen molar-refractivity contribution < 1.29 is 4.74 Å². The molecule has 1 aromatic heterocycles. The molecule has 0 saturated carbocycles. The normalized spacial score (nSPS) is 11.5. The summed E-state index contributed by atoms with van der Waals surface area (Å²) in [5.41, 5.74) is 12.6. The highest BCUT2D eigenvalue weighted by Gasteiger charge is 2.16. The quantitative estimate of drug-likeness (QED) is 0.248. The number of allylic oxidation sites excluding steroid dienone is 2. The van der Waals surface area contributed by atoms with E-state index >= 15 is 0 Å². The second-order valence-corrected chi connectivity index (χ2v) is 7.58. The SMILES string of the molecule is COc1ccc(Cn2c(NCCN=C(N)N)nc(=O)n(/C(C)=C(\C)c3ccccc3)c2=O)cc1. The molecule has 0 radical (unpaired) electrons. The molecule has 0 saturated heterocycles. The average Bonchev–Trinajstić information content (AvgIpc) is 2.84. The summed E-state index contributed by atoms with van der Waals surface area (Å²) in [7, 11) is 1.59. The van der Waals surface area contributed by atoms with Crippen LogP contribution < -0.4 is 32.9 Å². The third-order valence-corrected chi connectivity index (χ3v) is 5.34. The summed E-state index contributed by atoms with van der Waals surface area (Å²) in [6, 6.07) is 16.9. The topological polar surface area (TPSA) is 143 Å². The zero-order valence-electron chi connectivity index (χ0n) is 19.5. The Morgan fingerprint density at radius 3 is 2.35 bits per heavy atom. The van der Waals surface area contributed by atoms with Crippen molar-refractivity contribution in [3.8, 4) is 5.75 Å². The molecule has 0 atom stereocenters. The maximum Gasteiger partial charge on any atom is 0.359 e. The number of anilines is 1. The predicted molar refractivity (Wildman–Crippen MR) is 135 cm³/mol. The van der Waals surface area contributed by atoms with Gasteiger partial charge in [-0.1, -0.05) is 42.5 Å². The molecule has 34 heavy (non-hydrogen) atoms. The molecule has 0 amide bonds. The van der Waals surface area contributed by atoms with E-state index in [0.29, 0.717) is 11.4 Å². The molecule has 178 valence electrons. The van der Waals surface area contributed by atoms with Crippen molar-refractivity contribution in [3.63, 3.8) is 0 Å². The second kappa shape index (κ2) is 11.0. The molecule has 0 aliphatic heterocycles. The first-order chi connectivity index (χ1) is 16.3. The van der Waals surface area contributed by atoms with Gasteiger partial charge in [-0.05, 0) is 42.7 Å². The number of methoxy groups -OCH3 is 1. The minimum absolute atomic E-state index is 0.0436. The Morgan fingerprint density at radius 1 is 1.06 bits per heavy atom. The van der Waals surface area contributed by atoms with E-state index in [2.05, 4.69) is 15.3 Å². The summed E-state index contributed by atoms with van der Waals surface area (Å²) < 4.78 is 7.72. The second-order valence-electron chi connectivity index (χ2n) is 7.58. The van der Waals surface area contributed by atoms with Crippen LogP contribution in [-0.2, 0) is 6.54 Å². The maximum absolute atomic E-state index is 13.6. The van der Waals surface area contributed by atoms with E-state index in [1.807, 2.05) is 49.4 Å². The van der Waals surface area contributed by atoms with Gasteiger partial charge in [0.2, 0.25) is 5.95 Å². The summed E-state index contributed by atoms with van der Waals surface area (Å²) in [5.74, 6) is 0.794. The van der Waals surface area contributed by atoms with Gasteiger partial charge in [-0.15, -0.1) is 0 Å². The summed E-state index contributed by atoms with van der Waals surface area (Å²) in [4.78, 5) is 34.6. The van der Waals surface area contributed by atoms with E-state index < -0.39 is 11.4 Å². The zero-order valence-corrected chi connectivity index (χ0v) is 19.5. The fourth-order valence-electron chi connectivity index (χ4n) is 3.39. The van der Waals surface area contributed by atoms with Gasteiger partial charge in [-0.3, -0.25) is 9.56 Å². The zero-order chi connectivity index (χ0) is 24.7. The fourth-order valence-corrected chi connectivity index (χ4v) is 3.39. The highest BCUT2D eigenvalue weighted by molar-refractivity contribution is 5.80. The molecule has 10 nitrogen and oxygen atoms in total. The Kier molecular flexibility index (Phi) is 7.86. The van der Waals surface area contributed by atoms with Crippen LogP contribution in [0.1, 0.15) is 25.0 Å². The van der Waals surface area contributed by atoms with E-state index in [4.69, 9.17) is 16.2 Å². The summed E-state index contributed by atoms with van der Waals surface area (Å²) in [5, 5.41) is 3.00. The Labute approximate surface area is 197 Å². The number of nitrogens with zero attached hydrogens (tertiary/aromatic N) is 4. The average molecular weight is 464 g/mol. The van der Waals surface area contributed by atoms with Crippen LogP contribution in [0.4, 0.5) is 5.95 Å². The highest BCUT2D eigenvalue weighted by atomic mass is 16.5. The van der Waals surface area contributed by atoms with Crippen molar-refractivity contribution in [3.05, 3.63) is 86.7 Å². The van der Waals surface area contributed by atoms with Crippen molar-refractivity contribution in [1.29, 1.82) is 0 Å². The lowest BCUT2D eigenvalue weighted by atomic mass is 10.1. The van der Waals surface area contributed by atoms with Crippen molar-refractivity contribution in [2.45, 2.75) is 20.4 Å². The lowest BCUT2D eigenvalue weighted by Gasteiger charge is -2.17. The number of aromatic nitrogens is 3. The molecule has 3 rings (SSSR count). The number of hydrogen-bond donors (Lipinski definition) is 3. The van der Waals surface area contributed by atoms with Gasteiger partial charge in [0.05, 0.1) is 20.2 Å². The van der Waals surface area contributed by atoms with Crippen LogP contribution >= 0.6 is 0 Å². The number of guanidine groups is 1. The summed E-state index contributed by atoms with van der Waals surface area (Å²) >= 11 is 0. The van der Waals surface area contributed by atoms with Gasteiger partial charge in [0.25, 0.3) is 0 Å². The molecule has 0 aliphatic rings. The molecular formula is C24H29N7O3. The predicted octanol–water partition coefficient (Wildman–Crippen LogP) is 1.56. The third kappa shape index (κ3) is 5.71. The van der Waals surface area contributed by atoms with Gasteiger partial charge in [0.1, 0.15) is 5.75 Å². The number of ether oxygens (including phenoxy) is 1. The molecule has 1 heterocycles. The van der Waals surface area contributed by atoms with E-state index in [0.717, 1.165) is 21.3 Å². The fraction of sp³-hybridized carbons (Fsp3) is 0.250. The van der Waals surface area contributed by atoms with Crippen LogP contribution in [-0.4, -0.2) is 40.3 Å². The van der Waals surface area contributed by atoms with Gasteiger partial charge < -0.3 is 21.5 Å². The molecule has 0 fully saturated rings. The van der Waals surface area contributed by atoms with Gasteiger partial charge in [0.15, 0.2) is 5.96 Å². The number of nitrogens with two attached hydrogens (primary N) is 2. The molecule has 0 bridgehead atoms. The number of benzene rings is 2. The summed E-state index contributed by atoms with van der Waals surface area (Å²) in [6.07, 6.45) is 0. The summed E-state index contributed by atoms with van der Waals surface area (Å²) in [6.45, 7) is 4.34. The number of rotatable bonds is 9. The van der Waals surface area contributed by atoms with E-state index in [1.54, 1.807) is 26.2 Å². The van der Waals surface area contributed by atoms with Crippen LogP contribution in [0, 0.1) is 0 Å². The van der Waals surface area contributed by atoms with Crippen LogP contribution in [0.25, 0.3) is 11.3 Å². The van der Waals surface area contributed by atoms with Crippen LogP contribution in [0.15, 0.2) is 69.2 Å². The molecule has 0 aliphatic carbocycles. The molecule has 0 spiro atoms. The Hall–Kier alpha value is -4.34. The highest BCUT2D eigenvalue weighted by Crippen LogP contribution is 2.19. The maximum atomic E-state index is 13.6. The largest absolute Gasteiger partial charge is 0.497 e. The van der Waals surface area contributed by atoms with Gasteiger partial charge in [0, 0.05) is 12.2 Å². The van der Waals surface area contributed by atoms with Crippen molar-refractivity contribution in [2.24, 2.45) is 16.5 Å². The monoisotopic (exact) mass is 463 g/mol. The Bertz CT molecular complexity index is 1300. The Morgan fingerprint density at radius 2 is 1.74 bits per heavy atom. The van der Waals surface area contributed by atoms with E-state index in [9.17, 15) is 9.59 Å². The standard InChI is InChI=1S/C24H29N7O3/c1-16(19-7-5-4-6-8-19)17(2)31-23(32)29-22(28-14-13-27-21(25)26)30(24(31)33)15-18-9-11-20(34-3)12-10-18/h4-12H,13-15H2,1-3H3,(H4,25,26,27)(H,28,29,32)/b17-16+.